The predicted molar refractivity (Wildman–Crippen MR) is 57.3 cm³/mol. The number of hydrogen-bond acceptors (Lipinski definition) is 2. The number of Topliss-reactive ketones (excluding diaryl/α,β-unsaturated/α-hetero) is 1. The van der Waals surface area contributed by atoms with Crippen molar-refractivity contribution in [1.29, 1.82) is 0 Å². The van der Waals surface area contributed by atoms with E-state index in [1.54, 1.807) is 0 Å². The lowest BCUT2D eigenvalue weighted by Crippen LogP contribution is -2.29. The molecule has 2 nitrogen and oxygen atoms in total. The van der Waals surface area contributed by atoms with Crippen LogP contribution in [0, 0.1) is 5.92 Å². The smallest absolute Gasteiger partial charge is 0.161 e. The highest BCUT2D eigenvalue weighted by molar-refractivity contribution is 5.82. The lowest BCUT2D eigenvalue weighted by molar-refractivity contribution is -0.134. The second-order valence-electron chi connectivity index (χ2n) is 4.48. The molecule has 0 bridgehead atoms. The second kappa shape index (κ2) is 5.50. The standard InChI is InChI=1S/C12H22O2/c1-4-12(13)10(3)14-11-7-5-9(2)6-8-11/h9-11H,4-8H2,1-3H3. The molecule has 14 heavy (non-hydrogen) atoms. The van der Waals surface area contributed by atoms with Gasteiger partial charge in [0.15, 0.2) is 5.78 Å². The third-order valence-electron chi connectivity index (χ3n) is 3.16. The first kappa shape index (κ1) is 11.7. The zero-order chi connectivity index (χ0) is 10.6. The summed E-state index contributed by atoms with van der Waals surface area (Å²) < 4.78 is 5.74. The van der Waals surface area contributed by atoms with Crippen molar-refractivity contribution in [2.45, 2.75) is 65.1 Å². The van der Waals surface area contributed by atoms with Gasteiger partial charge in [0.25, 0.3) is 0 Å². The summed E-state index contributed by atoms with van der Waals surface area (Å²) in [5.74, 6) is 1.07. The van der Waals surface area contributed by atoms with Crippen LogP contribution < -0.4 is 0 Å². The SMILES string of the molecule is CCC(=O)C(C)OC1CCC(C)CC1. The first-order valence-corrected chi connectivity index (χ1v) is 5.81. The van der Waals surface area contributed by atoms with Gasteiger partial charge in [0.2, 0.25) is 0 Å². The Hall–Kier alpha value is -0.370. The molecule has 2 heteroatoms. The largest absolute Gasteiger partial charge is 0.368 e. The van der Waals surface area contributed by atoms with Crippen LogP contribution in [0.25, 0.3) is 0 Å². The van der Waals surface area contributed by atoms with Gasteiger partial charge in [-0.3, -0.25) is 4.79 Å². The third kappa shape index (κ3) is 3.41. The Morgan fingerprint density at radius 1 is 1.36 bits per heavy atom. The van der Waals surface area contributed by atoms with E-state index in [0.717, 1.165) is 18.8 Å². The maximum Gasteiger partial charge on any atom is 0.161 e. The highest BCUT2D eigenvalue weighted by Crippen LogP contribution is 2.26. The molecular formula is C12H22O2. The molecule has 1 atom stereocenters. The highest BCUT2D eigenvalue weighted by Gasteiger charge is 2.22. The van der Waals surface area contributed by atoms with Crippen LogP contribution in [0.2, 0.25) is 0 Å². The molecule has 1 saturated carbocycles. The minimum Gasteiger partial charge on any atom is -0.368 e. The van der Waals surface area contributed by atoms with Crippen molar-refractivity contribution < 1.29 is 9.53 Å². The van der Waals surface area contributed by atoms with Gasteiger partial charge in [-0.15, -0.1) is 0 Å². The second-order valence-corrected chi connectivity index (χ2v) is 4.48. The first-order valence-electron chi connectivity index (χ1n) is 5.81. The molecule has 0 N–H and O–H groups in total. The van der Waals surface area contributed by atoms with E-state index in [9.17, 15) is 4.79 Å². The minimum absolute atomic E-state index is 0.196. The fourth-order valence-electron chi connectivity index (χ4n) is 2.02. The topological polar surface area (TPSA) is 26.3 Å². The minimum atomic E-state index is -0.196. The number of carbonyl (C=O) groups excluding carboxylic acids is 1. The number of carbonyl (C=O) groups is 1. The van der Waals surface area contributed by atoms with Crippen LogP contribution in [0.15, 0.2) is 0 Å². The molecule has 0 saturated heterocycles. The van der Waals surface area contributed by atoms with E-state index in [1.807, 2.05) is 13.8 Å². The van der Waals surface area contributed by atoms with Crippen molar-refractivity contribution in [3.8, 4) is 0 Å². The summed E-state index contributed by atoms with van der Waals surface area (Å²) in [6, 6.07) is 0. The van der Waals surface area contributed by atoms with E-state index in [-0.39, 0.29) is 11.9 Å². The molecule has 82 valence electrons. The summed E-state index contributed by atoms with van der Waals surface area (Å²) >= 11 is 0. The summed E-state index contributed by atoms with van der Waals surface area (Å²) in [6.45, 7) is 6.06. The number of ketones is 1. The van der Waals surface area contributed by atoms with Crippen LogP contribution in [-0.2, 0) is 9.53 Å². The average molecular weight is 198 g/mol. The summed E-state index contributed by atoms with van der Waals surface area (Å²) in [4.78, 5) is 11.3. The van der Waals surface area contributed by atoms with E-state index in [0.29, 0.717) is 12.5 Å². The molecule has 1 aliphatic carbocycles. The maximum atomic E-state index is 11.3. The van der Waals surface area contributed by atoms with E-state index < -0.39 is 0 Å². The van der Waals surface area contributed by atoms with Crippen LogP contribution in [0.1, 0.15) is 52.9 Å². The lowest BCUT2D eigenvalue weighted by Gasteiger charge is -2.28. The molecule has 0 aromatic heterocycles. The molecule has 1 unspecified atom stereocenters. The molecule has 1 aliphatic rings. The lowest BCUT2D eigenvalue weighted by atomic mass is 9.89. The number of rotatable bonds is 4. The van der Waals surface area contributed by atoms with E-state index >= 15 is 0 Å². The third-order valence-corrected chi connectivity index (χ3v) is 3.16. The van der Waals surface area contributed by atoms with Crippen molar-refractivity contribution in [2.75, 3.05) is 0 Å². The Kier molecular flexibility index (Phi) is 4.59. The summed E-state index contributed by atoms with van der Waals surface area (Å²) in [6.07, 6.45) is 5.47. The number of ether oxygens (including phenoxy) is 1. The molecule has 0 spiro atoms. The summed E-state index contributed by atoms with van der Waals surface area (Å²) in [7, 11) is 0. The Labute approximate surface area is 87.0 Å². The first-order chi connectivity index (χ1) is 6.63. The van der Waals surface area contributed by atoms with Crippen molar-refractivity contribution in [1.82, 2.24) is 0 Å². The monoisotopic (exact) mass is 198 g/mol. The Morgan fingerprint density at radius 3 is 2.43 bits per heavy atom. The number of hydrogen-bond donors (Lipinski definition) is 0. The molecule has 1 fully saturated rings. The molecule has 0 heterocycles. The Balaban J connectivity index is 2.27. The van der Waals surface area contributed by atoms with E-state index in [4.69, 9.17) is 4.74 Å². The fraction of sp³-hybridized carbons (Fsp3) is 0.917. The molecule has 0 aromatic rings. The zero-order valence-electron chi connectivity index (χ0n) is 9.58. The predicted octanol–water partition coefficient (Wildman–Crippen LogP) is 2.95. The average Bonchev–Trinajstić information content (AvgIpc) is 2.20. The Morgan fingerprint density at radius 2 is 1.93 bits per heavy atom. The van der Waals surface area contributed by atoms with E-state index in [1.165, 1.54) is 12.8 Å². The van der Waals surface area contributed by atoms with Gasteiger partial charge in [-0.05, 0) is 38.5 Å². The quantitative estimate of drug-likeness (QED) is 0.694. The van der Waals surface area contributed by atoms with Gasteiger partial charge in [-0.1, -0.05) is 13.8 Å². The van der Waals surface area contributed by atoms with Crippen LogP contribution in [-0.4, -0.2) is 18.0 Å². The summed E-state index contributed by atoms with van der Waals surface area (Å²) in [5, 5.41) is 0. The maximum absolute atomic E-state index is 11.3. The normalized spacial score (nSPS) is 29.9. The van der Waals surface area contributed by atoms with Crippen molar-refractivity contribution in [3.05, 3.63) is 0 Å². The van der Waals surface area contributed by atoms with Gasteiger partial charge >= 0.3 is 0 Å². The van der Waals surface area contributed by atoms with Gasteiger partial charge in [0.05, 0.1) is 6.10 Å². The van der Waals surface area contributed by atoms with Gasteiger partial charge < -0.3 is 4.74 Å². The van der Waals surface area contributed by atoms with Gasteiger partial charge in [-0.25, -0.2) is 0 Å². The van der Waals surface area contributed by atoms with Crippen LogP contribution in [0.5, 0.6) is 0 Å². The van der Waals surface area contributed by atoms with Crippen molar-refractivity contribution in [2.24, 2.45) is 5.92 Å². The van der Waals surface area contributed by atoms with Gasteiger partial charge in [0.1, 0.15) is 6.10 Å². The zero-order valence-corrected chi connectivity index (χ0v) is 9.58. The van der Waals surface area contributed by atoms with Gasteiger partial charge in [-0.2, -0.15) is 0 Å². The fourth-order valence-corrected chi connectivity index (χ4v) is 2.02. The molecule has 1 rings (SSSR count). The molecule has 0 aromatic carbocycles. The van der Waals surface area contributed by atoms with Crippen LogP contribution in [0.3, 0.4) is 0 Å². The molecular weight excluding hydrogens is 176 g/mol. The van der Waals surface area contributed by atoms with Crippen molar-refractivity contribution >= 4 is 5.78 Å². The summed E-state index contributed by atoms with van der Waals surface area (Å²) in [5.41, 5.74) is 0. The van der Waals surface area contributed by atoms with Crippen molar-refractivity contribution in [3.63, 3.8) is 0 Å². The molecule has 0 amide bonds. The van der Waals surface area contributed by atoms with Crippen LogP contribution in [0.4, 0.5) is 0 Å². The highest BCUT2D eigenvalue weighted by atomic mass is 16.5. The van der Waals surface area contributed by atoms with Crippen LogP contribution >= 0.6 is 0 Å². The Bertz CT molecular complexity index is 181. The molecule has 0 aliphatic heterocycles. The molecule has 0 radical (unpaired) electrons. The van der Waals surface area contributed by atoms with E-state index in [2.05, 4.69) is 6.92 Å². The van der Waals surface area contributed by atoms with Gasteiger partial charge in [0, 0.05) is 6.42 Å².